The van der Waals surface area contributed by atoms with Gasteiger partial charge in [-0.2, -0.15) is 0 Å². The molecule has 0 saturated carbocycles. The molecule has 1 aromatic rings. The summed E-state index contributed by atoms with van der Waals surface area (Å²) in [5.41, 5.74) is 2.41. The molecule has 1 heterocycles. The summed E-state index contributed by atoms with van der Waals surface area (Å²) in [7, 11) is 0. The van der Waals surface area contributed by atoms with Crippen LogP contribution in [0.1, 0.15) is 30.6 Å². The molecule has 1 aromatic heterocycles. The Morgan fingerprint density at radius 2 is 2.50 bits per heavy atom. The third-order valence-corrected chi connectivity index (χ3v) is 2.84. The standard InChI is InChI=1S/C12H17N3O/c1-2-13-11(16)8-15-10-6-5-9-4-3-7-14-12(9)10/h3-4,7,10,15H,2,5-6,8H2,1H3,(H,13,16). The molecule has 0 saturated heterocycles. The first-order valence-electron chi connectivity index (χ1n) is 5.75. The number of rotatable bonds is 4. The molecule has 1 unspecified atom stereocenters. The fraction of sp³-hybridized carbons (Fsp3) is 0.500. The van der Waals surface area contributed by atoms with Gasteiger partial charge >= 0.3 is 0 Å². The molecule has 4 heteroatoms. The number of hydrogen-bond donors (Lipinski definition) is 2. The summed E-state index contributed by atoms with van der Waals surface area (Å²) in [5, 5.41) is 6.02. The highest BCUT2D eigenvalue weighted by Crippen LogP contribution is 2.28. The van der Waals surface area contributed by atoms with Crippen molar-refractivity contribution < 1.29 is 4.79 Å². The van der Waals surface area contributed by atoms with Crippen LogP contribution >= 0.6 is 0 Å². The predicted octanol–water partition coefficient (Wildman–Crippen LogP) is 0.795. The molecule has 86 valence electrons. The van der Waals surface area contributed by atoms with Crippen molar-refractivity contribution in [2.45, 2.75) is 25.8 Å². The molecule has 1 amide bonds. The van der Waals surface area contributed by atoms with Crippen LogP contribution in [0.15, 0.2) is 18.3 Å². The molecule has 0 radical (unpaired) electrons. The SMILES string of the molecule is CCNC(=O)CNC1CCc2cccnc21. The van der Waals surface area contributed by atoms with Crippen molar-refractivity contribution in [1.29, 1.82) is 0 Å². The zero-order valence-corrected chi connectivity index (χ0v) is 9.49. The number of amides is 1. The van der Waals surface area contributed by atoms with Gasteiger partial charge in [0.25, 0.3) is 0 Å². The van der Waals surface area contributed by atoms with Gasteiger partial charge in [0, 0.05) is 12.7 Å². The predicted molar refractivity (Wildman–Crippen MR) is 62.0 cm³/mol. The van der Waals surface area contributed by atoms with Gasteiger partial charge in [0.2, 0.25) is 5.91 Å². The Labute approximate surface area is 95.5 Å². The smallest absolute Gasteiger partial charge is 0.233 e. The Kier molecular flexibility index (Phi) is 3.51. The van der Waals surface area contributed by atoms with Crippen molar-refractivity contribution in [2.24, 2.45) is 0 Å². The summed E-state index contributed by atoms with van der Waals surface area (Å²) in [6.45, 7) is 2.97. The van der Waals surface area contributed by atoms with Crippen LogP contribution in [-0.4, -0.2) is 24.0 Å². The third kappa shape index (κ3) is 2.39. The van der Waals surface area contributed by atoms with E-state index in [0.717, 1.165) is 18.5 Å². The number of aryl methyl sites for hydroxylation is 1. The quantitative estimate of drug-likeness (QED) is 0.787. The van der Waals surface area contributed by atoms with Gasteiger partial charge in [-0.3, -0.25) is 9.78 Å². The van der Waals surface area contributed by atoms with Crippen LogP contribution in [0.5, 0.6) is 0 Å². The van der Waals surface area contributed by atoms with Crippen molar-refractivity contribution >= 4 is 5.91 Å². The van der Waals surface area contributed by atoms with Gasteiger partial charge in [-0.1, -0.05) is 6.07 Å². The minimum atomic E-state index is 0.0480. The van der Waals surface area contributed by atoms with E-state index in [0.29, 0.717) is 13.1 Å². The molecule has 0 fully saturated rings. The van der Waals surface area contributed by atoms with Crippen molar-refractivity contribution in [3.05, 3.63) is 29.6 Å². The topological polar surface area (TPSA) is 54.0 Å². The molecule has 1 atom stereocenters. The van der Waals surface area contributed by atoms with E-state index >= 15 is 0 Å². The largest absolute Gasteiger partial charge is 0.355 e. The number of pyridine rings is 1. The van der Waals surface area contributed by atoms with Crippen LogP contribution in [0.3, 0.4) is 0 Å². The van der Waals surface area contributed by atoms with E-state index in [2.05, 4.69) is 21.7 Å². The number of likely N-dealkylation sites (N-methyl/N-ethyl adjacent to an activating group) is 1. The fourth-order valence-electron chi connectivity index (χ4n) is 2.09. The average molecular weight is 219 g/mol. The average Bonchev–Trinajstić information content (AvgIpc) is 2.70. The number of hydrogen-bond acceptors (Lipinski definition) is 3. The zero-order valence-electron chi connectivity index (χ0n) is 9.49. The minimum Gasteiger partial charge on any atom is -0.355 e. The maximum absolute atomic E-state index is 11.3. The molecule has 0 aliphatic heterocycles. The zero-order chi connectivity index (χ0) is 11.4. The summed E-state index contributed by atoms with van der Waals surface area (Å²) < 4.78 is 0. The molecule has 4 nitrogen and oxygen atoms in total. The van der Waals surface area contributed by atoms with Crippen LogP contribution in [0.25, 0.3) is 0 Å². The second-order valence-electron chi connectivity index (χ2n) is 3.97. The summed E-state index contributed by atoms with van der Waals surface area (Å²) in [4.78, 5) is 15.7. The summed E-state index contributed by atoms with van der Waals surface area (Å²) in [6, 6.07) is 4.31. The van der Waals surface area contributed by atoms with Crippen molar-refractivity contribution in [1.82, 2.24) is 15.6 Å². The Morgan fingerprint density at radius 3 is 3.31 bits per heavy atom. The van der Waals surface area contributed by atoms with Gasteiger partial charge in [-0.15, -0.1) is 0 Å². The molecule has 0 spiro atoms. The molecule has 2 N–H and O–H groups in total. The van der Waals surface area contributed by atoms with Crippen molar-refractivity contribution in [2.75, 3.05) is 13.1 Å². The van der Waals surface area contributed by atoms with Crippen LogP contribution < -0.4 is 10.6 Å². The third-order valence-electron chi connectivity index (χ3n) is 2.84. The van der Waals surface area contributed by atoms with E-state index < -0.39 is 0 Å². The number of fused-ring (bicyclic) bond motifs is 1. The van der Waals surface area contributed by atoms with Gasteiger partial charge < -0.3 is 10.6 Å². The Balaban J connectivity index is 1.91. The second-order valence-corrected chi connectivity index (χ2v) is 3.97. The number of carbonyl (C=O) groups excluding carboxylic acids is 1. The lowest BCUT2D eigenvalue weighted by Gasteiger charge is -2.12. The molecular weight excluding hydrogens is 202 g/mol. The normalized spacial score (nSPS) is 18.2. The van der Waals surface area contributed by atoms with Crippen LogP contribution in [0.2, 0.25) is 0 Å². The molecule has 2 rings (SSSR count). The van der Waals surface area contributed by atoms with E-state index in [1.807, 2.05) is 19.2 Å². The molecular formula is C12H17N3O. The number of carbonyl (C=O) groups is 1. The highest BCUT2D eigenvalue weighted by molar-refractivity contribution is 5.77. The molecule has 0 aromatic carbocycles. The number of aromatic nitrogens is 1. The van der Waals surface area contributed by atoms with E-state index in [1.54, 1.807) is 0 Å². The Hall–Kier alpha value is -1.42. The van der Waals surface area contributed by atoms with Crippen molar-refractivity contribution in [3.8, 4) is 0 Å². The molecule has 0 bridgehead atoms. The Bertz CT molecular complexity index is 378. The lowest BCUT2D eigenvalue weighted by Crippen LogP contribution is -2.35. The fourth-order valence-corrected chi connectivity index (χ4v) is 2.09. The van der Waals surface area contributed by atoms with E-state index in [1.165, 1.54) is 5.56 Å². The first kappa shape index (κ1) is 11.1. The first-order valence-corrected chi connectivity index (χ1v) is 5.75. The summed E-state index contributed by atoms with van der Waals surface area (Å²) in [6.07, 6.45) is 3.90. The molecule has 1 aliphatic carbocycles. The highest BCUT2D eigenvalue weighted by atomic mass is 16.1. The van der Waals surface area contributed by atoms with Gasteiger partial charge in [-0.05, 0) is 31.4 Å². The van der Waals surface area contributed by atoms with Crippen LogP contribution in [0.4, 0.5) is 0 Å². The number of nitrogens with zero attached hydrogens (tertiary/aromatic N) is 1. The van der Waals surface area contributed by atoms with Crippen LogP contribution in [0, 0.1) is 0 Å². The highest BCUT2D eigenvalue weighted by Gasteiger charge is 2.23. The van der Waals surface area contributed by atoms with Gasteiger partial charge in [0.1, 0.15) is 0 Å². The lowest BCUT2D eigenvalue weighted by atomic mass is 10.2. The molecule has 16 heavy (non-hydrogen) atoms. The molecule has 1 aliphatic rings. The van der Waals surface area contributed by atoms with Gasteiger partial charge in [-0.25, -0.2) is 0 Å². The number of nitrogens with one attached hydrogen (secondary N) is 2. The van der Waals surface area contributed by atoms with E-state index in [-0.39, 0.29) is 11.9 Å². The summed E-state index contributed by atoms with van der Waals surface area (Å²) in [5.74, 6) is 0.0480. The summed E-state index contributed by atoms with van der Waals surface area (Å²) >= 11 is 0. The maximum atomic E-state index is 11.3. The second kappa shape index (κ2) is 5.07. The van der Waals surface area contributed by atoms with Gasteiger partial charge in [0.05, 0.1) is 18.3 Å². The van der Waals surface area contributed by atoms with E-state index in [9.17, 15) is 4.79 Å². The van der Waals surface area contributed by atoms with Crippen molar-refractivity contribution in [3.63, 3.8) is 0 Å². The minimum absolute atomic E-state index is 0.0480. The van der Waals surface area contributed by atoms with Crippen LogP contribution in [-0.2, 0) is 11.2 Å². The lowest BCUT2D eigenvalue weighted by molar-refractivity contribution is -0.120. The Morgan fingerprint density at radius 1 is 1.62 bits per heavy atom. The van der Waals surface area contributed by atoms with E-state index in [4.69, 9.17) is 0 Å². The van der Waals surface area contributed by atoms with Gasteiger partial charge in [0.15, 0.2) is 0 Å². The first-order chi connectivity index (χ1) is 7.81. The maximum Gasteiger partial charge on any atom is 0.233 e. The monoisotopic (exact) mass is 219 g/mol.